The molecule has 2 fully saturated rings. The summed E-state index contributed by atoms with van der Waals surface area (Å²) in [6.45, 7) is 8.10. The molecule has 0 aromatic heterocycles. The molecule has 0 unspecified atom stereocenters. The first kappa shape index (κ1) is 21.7. The number of hydrogen-bond donors (Lipinski definition) is 1. The second-order valence-electron chi connectivity index (χ2n) is 8.55. The van der Waals surface area contributed by atoms with E-state index in [9.17, 15) is 14.9 Å². The Morgan fingerprint density at radius 2 is 1.83 bits per heavy atom. The third-order valence-corrected chi connectivity index (χ3v) is 6.28. The number of rotatable bonds is 7. The topological polar surface area (TPSA) is 78.7 Å². The molecule has 0 spiro atoms. The number of nitrogens with zero attached hydrogens (tertiary/aromatic N) is 3. The van der Waals surface area contributed by atoms with Crippen molar-refractivity contribution in [1.82, 2.24) is 9.80 Å². The number of hydrogen-bond acceptors (Lipinski definition) is 5. The number of anilines is 1. The molecule has 2 aliphatic rings. The Morgan fingerprint density at radius 1 is 1.10 bits per heavy atom. The lowest BCUT2D eigenvalue weighted by atomic mass is 9.89. The van der Waals surface area contributed by atoms with E-state index in [-0.39, 0.29) is 11.6 Å². The first-order valence-electron chi connectivity index (χ1n) is 11.0. The SMILES string of the molecule is Cc1ccc([N+](=O)[O-])cc1NC(=O)CCN1CCCN(CC2CCCCC2)CC1. The average Bonchev–Trinajstić information content (AvgIpc) is 2.94. The Bertz CT molecular complexity index is 703. The van der Waals surface area contributed by atoms with E-state index < -0.39 is 4.92 Å². The lowest BCUT2D eigenvalue weighted by Crippen LogP contribution is -2.35. The molecule has 1 saturated carbocycles. The Kier molecular flexibility index (Phi) is 8.00. The minimum atomic E-state index is -0.439. The van der Waals surface area contributed by atoms with Crippen LogP contribution in [-0.2, 0) is 4.79 Å². The largest absolute Gasteiger partial charge is 0.326 e. The third kappa shape index (κ3) is 6.78. The summed E-state index contributed by atoms with van der Waals surface area (Å²) in [6.07, 6.45) is 8.52. The van der Waals surface area contributed by atoms with Crippen molar-refractivity contribution >= 4 is 17.3 Å². The van der Waals surface area contributed by atoms with E-state index in [2.05, 4.69) is 15.1 Å². The van der Waals surface area contributed by atoms with Crippen LogP contribution in [0.1, 0.15) is 50.5 Å². The van der Waals surface area contributed by atoms with Gasteiger partial charge in [-0.1, -0.05) is 25.3 Å². The standard InChI is InChI=1S/C22H34N4O3/c1-18-8-9-20(26(28)29)16-21(18)23-22(27)10-13-24-11-5-12-25(15-14-24)17-19-6-3-2-4-7-19/h8-9,16,19H,2-7,10-15,17H2,1H3,(H,23,27). The quantitative estimate of drug-likeness (QED) is 0.554. The van der Waals surface area contributed by atoms with Crippen molar-refractivity contribution in [3.05, 3.63) is 33.9 Å². The fourth-order valence-corrected chi connectivity index (χ4v) is 4.50. The molecule has 1 aromatic rings. The summed E-state index contributed by atoms with van der Waals surface area (Å²) < 4.78 is 0. The summed E-state index contributed by atoms with van der Waals surface area (Å²) in [6, 6.07) is 4.56. The lowest BCUT2D eigenvalue weighted by molar-refractivity contribution is -0.384. The molecule has 1 amide bonds. The molecule has 7 heteroatoms. The van der Waals surface area contributed by atoms with Gasteiger partial charge in [0.25, 0.3) is 5.69 Å². The summed E-state index contributed by atoms with van der Waals surface area (Å²) in [5.41, 5.74) is 1.35. The van der Waals surface area contributed by atoms with Crippen molar-refractivity contribution in [3.8, 4) is 0 Å². The normalized spacial score (nSPS) is 19.6. The number of benzene rings is 1. The predicted molar refractivity (Wildman–Crippen MR) is 115 cm³/mol. The second kappa shape index (κ2) is 10.7. The number of aryl methyl sites for hydroxylation is 1. The van der Waals surface area contributed by atoms with Gasteiger partial charge in [0, 0.05) is 44.7 Å². The van der Waals surface area contributed by atoms with Crippen LogP contribution in [0.25, 0.3) is 0 Å². The van der Waals surface area contributed by atoms with E-state index in [0.717, 1.165) is 50.6 Å². The van der Waals surface area contributed by atoms with Gasteiger partial charge in [0.1, 0.15) is 0 Å². The fourth-order valence-electron chi connectivity index (χ4n) is 4.50. The molecule has 160 valence electrons. The third-order valence-electron chi connectivity index (χ3n) is 6.28. The van der Waals surface area contributed by atoms with Crippen LogP contribution in [0.4, 0.5) is 11.4 Å². The van der Waals surface area contributed by atoms with E-state index in [1.165, 1.54) is 50.8 Å². The van der Waals surface area contributed by atoms with Gasteiger partial charge in [-0.15, -0.1) is 0 Å². The highest BCUT2D eigenvalue weighted by atomic mass is 16.6. The molecule has 1 N–H and O–H groups in total. The highest BCUT2D eigenvalue weighted by molar-refractivity contribution is 5.92. The number of nitro groups is 1. The zero-order chi connectivity index (χ0) is 20.6. The van der Waals surface area contributed by atoms with Gasteiger partial charge >= 0.3 is 0 Å². The lowest BCUT2D eigenvalue weighted by Gasteiger charge is -2.28. The van der Waals surface area contributed by atoms with E-state index >= 15 is 0 Å². The van der Waals surface area contributed by atoms with E-state index in [0.29, 0.717) is 12.1 Å². The number of carbonyl (C=O) groups excluding carboxylic acids is 1. The summed E-state index contributed by atoms with van der Waals surface area (Å²) in [5, 5.41) is 13.8. The van der Waals surface area contributed by atoms with E-state index in [1.54, 1.807) is 6.07 Å². The van der Waals surface area contributed by atoms with Crippen molar-refractivity contribution < 1.29 is 9.72 Å². The summed E-state index contributed by atoms with van der Waals surface area (Å²) in [4.78, 5) is 27.9. The second-order valence-corrected chi connectivity index (χ2v) is 8.55. The molecule has 3 rings (SSSR count). The zero-order valence-electron chi connectivity index (χ0n) is 17.6. The summed E-state index contributed by atoms with van der Waals surface area (Å²) >= 11 is 0. The van der Waals surface area contributed by atoms with Crippen LogP contribution < -0.4 is 5.32 Å². The number of amides is 1. The molecule has 0 radical (unpaired) electrons. The first-order valence-corrected chi connectivity index (χ1v) is 11.0. The van der Waals surface area contributed by atoms with Gasteiger partial charge in [-0.3, -0.25) is 14.9 Å². The molecule has 1 heterocycles. The zero-order valence-corrected chi connectivity index (χ0v) is 17.6. The van der Waals surface area contributed by atoms with Gasteiger partial charge < -0.3 is 15.1 Å². The maximum atomic E-state index is 12.4. The van der Waals surface area contributed by atoms with Crippen LogP contribution in [-0.4, -0.2) is 59.9 Å². The molecule has 0 bridgehead atoms. The summed E-state index contributed by atoms with van der Waals surface area (Å²) in [7, 11) is 0. The number of nitro benzene ring substituents is 1. The highest BCUT2D eigenvalue weighted by Crippen LogP contribution is 2.25. The number of non-ortho nitro benzene ring substituents is 1. The predicted octanol–water partition coefficient (Wildman–Crippen LogP) is 3.82. The van der Waals surface area contributed by atoms with E-state index in [4.69, 9.17) is 0 Å². The smallest absolute Gasteiger partial charge is 0.271 e. The van der Waals surface area contributed by atoms with Crippen LogP contribution >= 0.6 is 0 Å². The molecular weight excluding hydrogens is 368 g/mol. The minimum absolute atomic E-state index is 0.00326. The van der Waals surface area contributed by atoms with Crippen molar-refractivity contribution in [3.63, 3.8) is 0 Å². The van der Waals surface area contributed by atoms with Crippen LogP contribution in [0.5, 0.6) is 0 Å². The van der Waals surface area contributed by atoms with Gasteiger partial charge in [0.2, 0.25) is 5.91 Å². The van der Waals surface area contributed by atoms with Crippen molar-refractivity contribution in [2.75, 3.05) is 44.6 Å². The first-order chi connectivity index (χ1) is 14.0. The molecule has 7 nitrogen and oxygen atoms in total. The Morgan fingerprint density at radius 3 is 2.59 bits per heavy atom. The minimum Gasteiger partial charge on any atom is -0.326 e. The van der Waals surface area contributed by atoms with Crippen molar-refractivity contribution in [2.24, 2.45) is 5.92 Å². The molecule has 1 aliphatic heterocycles. The van der Waals surface area contributed by atoms with Gasteiger partial charge in [-0.05, 0) is 50.8 Å². The number of carbonyl (C=O) groups is 1. The Balaban J connectivity index is 1.42. The average molecular weight is 403 g/mol. The molecule has 0 atom stereocenters. The van der Waals surface area contributed by atoms with Crippen LogP contribution in [0.15, 0.2) is 18.2 Å². The monoisotopic (exact) mass is 402 g/mol. The highest BCUT2D eigenvalue weighted by Gasteiger charge is 2.20. The van der Waals surface area contributed by atoms with Gasteiger partial charge in [-0.2, -0.15) is 0 Å². The Hall–Kier alpha value is -1.99. The van der Waals surface area contributed by atoms with Crippen LogP contribution in [0.3, 0.4) is 0 Å². The molecular formula is C22H34N4O3. The van der Waals surface area contributed by atoms with Crippen molar-refractivity contribution in [1.29, 1.82) is 0 Å². The van der Waals surface area contributed by atoms with Crippen molar-refractivity contribution in [2.45, 2.75) is 51.9 Å². The maximum absolute atomic E-state index is 12.4. The van der Waals surface area contributed by atoms with Gasteiger partial charge in [0.05, 0.1) is 10.6 Å². The molecule has 1 aromatic carbocycles. The Labute approximate surface area is 173 Å². The van der Waals surface area contributed by atoms with E-state index in [1.807, 2.05) is 6.92 Å². The van der Waals surface area contributed by atoms with Gasteiger partial charge in [-0.25, -0.2) is 0 Å². The van der Waals surface area contributed by atoms with Crippen LogP contribution in [0.2, 0.25) is 0 Å². The maximum Gasteiger partial charge on any atom is 0.271 e. The van der Waals surface area contributed by atoms with Crippen LogP contribution in [0, 0.1) is 23.0 Å². The molecule has 29 heavy (non-hydrogen) atoms. The fraction of sp³-hybridized carbons (Fsp3) is 0.682. The van der Waals surface area contributed by atoms with Gasteiger partial charge in [0.15, 0.2) is 0 Å². The molecule has 1 saturated heterocycles. The molecule has 1 aliphatic carbocycles. The summed E-state index contributed by atoms with van der Waals surface area (Å²) in [5.74, 6) is 0.788. The number of nitrogens with one attached hydrogen (secondary N) is 1.